The molecule has 3 aromatic rings. The molecule has 0 heterocycles. The molecular weight excluding hydrogens is 300 g/mol. The fourth-order valence-corrected chi connectivity index (χ4v) is 2.84. The summed E-state index contributed by atoms with van der Waals surface area (Å²) in [4.78, 5) is 0. The number of aromatic hydroxyl groups is 1. The van der Waals surface area contributed by atoms with E-state index >= 15 is 0 Å². The minimum absolute atomic E-state index is 0.234. The highest BCUT2D eigenvalue weighted by atomic mass is 16.4. The predicted octanol–water partition coefficient (Wildman–Crippen LogP) is 4.58. The molecule has 0 aliphatic rings. The highest BCUT2D eigenvalue weighted by Crippen LogP contribution is 2.39. The molecule has 0 saturated carbocycles. The van der Waals surface area contributed by atoms with Crippen LogP contribution in [0.5, 0.6) is 5.75 Å². The van der Waals surface area contributed by atoms with E-state index in [1.165, 1.54) is 6.21 Å². The number of hydrogen-bond donors (Lipinski definition) is 3. The van der Waals surface area contributed by atoms with Gasteiger partial charge in [0.2, 0.25) is 0 Å². The average Bonchev–Trinajstić information content (AvgIpc) is 2.63. The molecule has 24 heavy (non-hydrogen) atoms. The third kappa shape index (κ3) is 2.94. The van der Waals surface area contributed by atoms with Gasteiger partial charge in [0.25, 0.3) is 0 Å². The van der Waals surface area contributed by atoms with Crippen LogP contribution in [-0.4, -0.2) is 23.6 Å². The van der Waals surface area contributed by atoms with Crippen molar-refractivity contribution in [1.82, 2.24) is 0 Å². The largest absolute Gasteiger partial charge is 0.508 e. The van der Waals surface area contributed by atoms with E-state index in [-0.39, 0.29) is 5.75 Å². The molecule has 0 bridgehead atoms. The van der Waals surface area contributed by atoms with Crippen molar-refractivity contribution >= 4 is 11.9 Å². The molecule has 3 aromatic carbocycles. The first kappa shape index (κ1) is 15.6. The van der Waals surface area contributed by atoms with Crippen molar-refractivity contribution in [3.8, 4) is 28.0 Å². The Morgan fingerprint density at radius 2 is 1.58 bits per heavy atom. The van der Waals surface area contributed by atoms with E-state index in [9.17, 15) is 5.11 Å². The molecule has 0 aromatic heterocycles. The lowest BCUT2D eigenvalue weighted by atomic mass is 9.91. The van der Waals surface area contributed by atoms with Crippen LogP contribution < -0.4 is 5.32 Å². The fraction of sp³-hybridized carbons (Fsp3) is 0.0500. The summed E-state index contributed by atoms with van der Waals surface area (Å²) in [7, 11) is 1.84. The highest BCUT2D eigenvalue weighted by Gasteiger charge is 2.15. The number of hydrogen-bond acceptors (Lipinski definition) is 4. The van der Waals surface area contributed by atoms with Gasteiger partial charge in [-0.15, -0.1) is 0 Å². The molecule has 4 heteroatoms. The molecule has 0 atom stereocenters. The predicted molar refractivity (Wildman–Crippen MR) is 97.9 cm³/mol. The van der Waals surface area contributed by atoms with E-state index in [0.717, 1.165) is 33.5 Å². The molecule has 0 amide bonds. The summed E-state index contributed by atoms with van der Waals surface area (Å²) < 4.78 is 0. The Morgan fingerprint density at radius 1 is 0.875 bits per heavy atom. The van der Waals surface area contributed by atoms with Gasteiger partial charge in [0, 0.05) is 18.2 Å². The Morgan fingerprint density at radius 3 is 2.21 bits per heavy atom. The minimum atomic E-state index is 0.234. The lowest BCUT2D eigenvalue weighted by molar-refractivity contribution is 0.322. The van der Waals surface area contributed by atoms with Crippen molar-refractivity contribution in [1.29, 1.82) is 0 Å². The maximum atomic E-state index is 9.55. The zero-order valence-corrected chi connectivity index (χ0v) is 13.3. The third-order valence-corrected chi connectivity index (χ3v) is 3.93. The summed E-state index contributed by atoms with van der Waals surface area (Å²) in [5.74, 6) is 0.234. The SMILES string of the molecule is CNc1c(/C=N/O)ccc(-c2ccc(O)cc2)c1-c1ccccc1. The molecular formula is C20H18N2O2. The van der Waals surface area contributed by atoms with Crippen LogP contribution >= 0.6 is 0 Å². The van der Waals surface area contributed by atoms with Crippen molar-refractivity contribution in [2.75, 3.05) is 12.4 Å². The van der Waals surface area contributed by atoms with E-state index < -0.39 is 0 Å². The maximum Gasteiger partial charge on any atom is 0.115 e. The summed E-state index contributed by atoms with van der Waals surface area (Å²) in [5.41, 5.74) is 5.77. The van der Waals surface area contributed by atoms with E-state index in [0.29, 0.717) is 0 Å². The van der Waals surface area contributed by atoms with Gasteiger partial charge in [-0.05, 0) is 28.8 Å². The van der Waals surface area contributed by atoms with Crippen molar-refractivity contribution in [2.45, 2.75) is 0 Å². The second-order valence-corrected chi connectivity index (χ2v) is 5.36. The van der Waals surface area contributed by atoms with E-state index in [4.69, 9.17) is 5.21 Å². The number of benzene rings is 3. The monoisotopic (exact) mass is 318 g/mol. The van der Waals surface area contributed by atoms with Gasteiger partial charge >= 0.3 is 0 Å². The molecule has 4 nitrogen and oxygen atoms in total. The smallest absolute Gasteiger partial charge is 0.115 e. The van der Waals surface area contributed by atoms with Crippen LogP contribution in [0.3, 0.4) is 0 Å². The standard InChI is InChI=1S/C20H18N2O2/c1-21-20-16(13-22-24)9-12-18(14-7-10-17(23)11-8-14)19(20)15-5-3-2-4-6-15/h2-13,21,23-24H,1H3/b22-13+. The highest BCUT2D eigenvalue weighted by molar-refractivity contribution is 6.00. The average molecular weight is 318 g/mol. The Hall–Kier alpha value is -3.27. The zero-order chi connectivity index (χ0) is 16.9. The van der Waals surface area contributed by atoms with Crippen molar-refractivity contribution in [3.05, 3.63) is 72.3 Å². The normalized spacial score (nSPS) is 10.9. The zero-order valence-electron chi connectivity index (χ0n) is 13.3. The number of phenolic OH excluding ortho intramolecular Hbond substituents is 1. The summed E-state index contributed by atoms with van der Waals surface area (Å²) >= 11 is 0. The second-order valence-electron chi connectivity index (χ2n) is 5.36. The molecule has 0 fully saturated rings. The van der Waals surface area contributed by atoms with Gasteiger partial charge in [-0.2, -0.15) is 0 Å². The second kappa shape index (κ2) is 6.87. The van der Waals surface area contributed by atoms with Gasteiger partial charge in [0.15, 0.2) is 0 Å². The van der Waals surface area contributed by atoms with Crippen molar-refractivity contribution < 1.29 is 10.3 Å². The van der Waals surface area contributed by atoms with E-state index in [1.807, 2.05) is 61.6 Å². The van der Waals surface area contributed by atoms with Crippen molar-refractivity contribution in [3.63, 3.8) is 0 Å². The summed E-state index contributed by atoms with van der Waals surface area (Å²) in [6.45, 7) is 0. The van der Waals surface area contributed by atoms with Crippen LogP contribution in [-0.2, 0) is 0 Å². The van der Waals surface area contributed by atoms with Crippen LogP contribution in [0.25, 0.3) is 22.3 Å². The lowest BCUT2D eigenvalue weighted by Crippen LogP contribution is -2.00. The number of nitrogens with one attached hydrogen (secondary N) is 1. The number of nitrogens with zero attached hydrogens (tertiary/aromatic N) is 1. The van der Waals surface area contributed by atoms with Gasteiger partial charge < -0.3 is 15.6 Å². The van der Waals surface area contributed by atoms with Gasteiger partial charge in [-0.25, -0.2) is 0 Å². The van der Waals surface area contributed by atoms with Crippen molar-refractivity contribution in [2.24, 2.45) is 5.16 Å². The molecule has 0 radical (unpaired) electrons. The van der Waals surface area contributed by atoms with Gasteiger partial charge in [-0.3, -0.25) is 0 Å². The van der Waals surface area contributed by atoms with Gasteiger partial charge in [0.05, 0.1) is 11.9 Å². The number of phenols is 1. The number of rotatable bonds is 4. The molecule has 120 valence electrons. The third-order valence-electron chi connectivity index (χ3n) is 3.93. The Balaban J connectivity index is 2.31. The molecule has 3 N–H and O–H groups in total. The molecule has 0 unspecified atom stereocenters. The first-order valence-corrected chi connectivity index (χ1v) is 7.61. The summed E-state index contributed by atoms with van der Waals surface area (Å²) in [5, 5.41) is 24.9. The molecule has 0 saturated heterocycles. The summed E-state index contributed by atoms with van der Waals surface area (Å²) in [6, 6.07) is 21.0. The van der Waals surface area contributed by atoms with Crippen LogP contribution in [0.2, 0.25) is 0 Å². The van der Waals surface area contributed by atoms with Gasteiger partial charge in [0.1, 0.15) is 5.75 Å². The fourth-order valence-electron chi connectivity index (χ4n) is 2.84. The summed E-state index contributed by atoms with van der Waals surface area (Å²) in [6.07, 6.45) is 1.42. The molecule has 0 spiro atoms. The Bertz CT molecular complexity index is 857. The van der Waals surface area contributed by atoms with E-state index in [2.05, 4.69) is 10.5 Å². The van der Waals surface area contributed by atoms with Gasteiger partial charge in [-0.1, -0.05) is 59.8 Å². The first-order chi connectivity index (χ1) is 11.7. The first-order valence-electron chi connectivity index (χ1n) is 7.61. The molecule has 0 aliphatic heterocycles. The quantitative estimate of drug-likeness (QED) is 0.375. The Kier molecular flexibility index (Phi) is 4.47. The van der Waals surface area contributed by atoms with Crippen LogP contribution in [0.15, 0.2) is 71.9 Å². The van der Waals surface area contributed by atoms with Crippen LogP contribution in [0.4, 0.5) is 5.69 Å². The Labute approximate surface area is 140 Å². The lowest BCUT2D eigenvalue weighted by Gasteiger charge is -2.18. The number of anilines is 1. The number of oxime groups is 1. The topological polar surface area (TPSA) is 64.9 Å². The van der Waals surface area contributed by atoms with E-state index in [1.54, 1.807) is 12.1 Å². The molecule has 0 aliphatic carbocycles. The minimum Gasteiger partial charge on any atom is -0.508 e. The van der Waals surface area contributed by atoms with Crippen LogP contribution in [0, 0.1) is 0 Å². The molecule has 3 rings (SSSR count). The van der Waals surface area contributed by atoms with Crippen LogP contribution in [0.1, 0.15) is 5.56 Å². The maximum absolute atomic E-state index is 9.55.